The summed E-state index contributed by atoms with van der Waals surface area (Å²) in [5.74, 6) is -1.27. The highest BCUT2D eigenvalue weighted by atomic mass is 16.6. The molecule has 0 saturated carbocycles. The highest BCUT2D eigenvalue weighted by Crippen LogP contribution is 2.20. The van der Waals surface area contributed by atoms with Crippen LogP contribution in [0.25, 0.3) is 0 Å². The molecule has 0 aliphatic heterocycles. The maximum Gasteiger partial charge on any atom is 0.408 e. The van der Waals surface area contributed by atoms with Crippen LogP contribution in [0.4, 0.5) is 4.79 Å². The van der Waals surface area contributed by atoms with Crippen LogP contribution < -0.4 is 10.6 Å². The lowest BCUT2D eigenvalue weighted by atomic mass is 10.0. The van der Waals surface area contributed by atoms with Crippen LogP contribution in [-0.4, -0.2) is 45.3 Å². The van der Waals surface area contributed by atoms with Crippen molar-refractivity contribution in [3.63, 3.8) is 0 Å². The monoisotopic (exact) mass is 485 g/mol. The van der Waals surface area contributed by atoms with Gasteiger partial charge in [0.2, 0.25) is 5.91 Å². The van der Waals surface area contributed by atoms with E-state index in [2.05, 4.69) is 10.6 Å². The molecule has 2 atom stereocenters. The number of alkyl carbamates (subject to hydrolysis) is 1. The SMILES string of the molecule is CCCc1c(C(=O)O)cc(CC)n1C[C@H](C)NC(=O)[C@H](Cc1ccccc1)NC(=O)OC(C)(C)C. The summed E-state index contributed by atoms with van der Waals surface area (Å²) < 4.78 is 7.37. The molecule has 2 amide bonds. The Balaban J connectivity index is 2.21. The van der Waals surface area contributed by atoms with Crippen molar-refractivity contribution in [3.05, 3.63) is 58.9 Å². The molecule has 0 radical (unpaired) electrons. The number of carboxylic acid groups (broad SMARTS) is 1. The summed E-state index contributed by atoms with van der Waals surface area (Å²) >= 11 is 0. The lowest BCUT2D eigenvalue weighted by molar-refractivity contribution is -0.123. The molecule has 2 rings (SSSR count). The molecular formula is C27H39N3O5. The van der Waals surface area contributed by atoms with Crippen LogP contribution >= 0.6 is 0 Å². The van der Waals surface area contributed by atoms with E-state index in [1.54, 1.807) is 26.8 Å². The number of carbonyl (C=O) groups is 3. The maximum atomic E-state index is 13.2. The second-order valence-electron chi connectivity index (χ2n) is 9.81. The molecule has 0 bridgehead atoms. The van der Waals surface area contributed by atoms with Gasteiger partial charge in [0.25, 0.3) is 0 Å². The number of amides is 2. The molecule has 0 saturated heterocycles. The van der Waals surface area contributed by atoms with Crippen molar-refractivity contribution in [3.8, 4) is 0 Å². The third-order valence-corrected chi connectivity index (χ3v) is 5.51. The van der Waals surface area contributed by atoms with Crippen LogP contribution in [0.2, 0.25) is 0 Å². The zero-order valence-electron chi connectivity index (χ0n) is 21.7. The summed E-state index contributed by atoms with van der Waals surface area (Å²) in [6, 6.07) is 10.1. The third-order valence-electron chi connectivity index (χ3n) is 5.51. The van der Waals surface area contributed by atoms with Crippen LogP contribution in [-0.2, 0) is 35.3 Å². The number of nitrogens with zero attached hydrogens (tertiary/aromatic N) is 1. The first-order chi connectivity index (χ1) is 16.4. The number of nitrogens with one attached hydrogen (secondary N) is 2. The fourth-order valence-corrected chi connectivity index (χ4v) is 4.03. The van der Waals surface area contributed by atoms with Gasteiger partial charge in [-0.1, -0.05) is 50.6 Å². The number of hydrogen-bond donors (Lipinski definition) is 3. The van der Waals surface area contributed by atoms with Gasteiger partial charge in [0.15, 0.2) is 0 Å². The molecule has 1 aromatic carbocycles. The van der Waals surface area contributed by atoms with Gasteiger partial charge in [-0.15, -0.1) is 0 Å². The number of aromatic carboxylic acids is 1. The molecule has 0 unspecified atom stereocenters. The largest absolute Gasteiger partial charge is 0.478 e. The Kier molecular flexibility index (Phi) is 9.92. The number of aromatic nitrogens is 1. The molecule has 0 aliphatic rings. The summed E-state index contributed by atoms with van der Waals surface area (Å²) in [7, 11) is 0. The minimum atomic E-state index is -0.942. The van der Waals surface area contributed by atoms with Crippen molar-refractivity contribution < 1.29 is 24.2 Å². The van der Waals surface area contributed by atoms with E-state index in [-0.39, 0.29) is 11.9 Å². The highest BCUT2D eigenvalue weighted by molar-refractivity contribution is 5.89. The van der Waals surface area contributed by atoms with Crippen LogP contribution in [0.3, 0.4) is 0 Å². The summed E-state index contributed by atoms with van der Waals surface area (Å²) in [6.45, 7) is 11.6. The standard InChI is InChI=1S/C27H39N3O5/c1-7-12-23-21(25(32)33)16-20(8-2)30(23)17-18(3)28-24(31)22(15-19-13-10-9-11-14-19)29-26(34)35-27(4,5)6/h9-11,13-14,16,18,22H,7-8,12,15,17H2,1-6H3,(H,28,31)(H,29,34)(H,32,33)/t18-,22-/m0/s1. The molecule has 3 N–H and O–H groups in total. The Morgan fingerprint density at radius 2 is 1.74 bits per heavy atom. The van der Waals surface area contributed by atoms with Crippen molar-refractivity contribution in [1.29, 1.82) is 0 Å². The maximum absolute atomic E-state index is 13.2. The first kappa shape index (κ1) is 28.0. The van der Waals surface area contributed by atoms with Gasteiger partial charge in [0.05, 0.1) is 5.56 Å². The second kappa shape index (κ2) is 12.4. The summed E-state index contributed by atoms with van der Waals surface area (Å²) in [4.78, 5) is 37.4. The number of ether oxygens (including phenoxy) is 1. The Labute approximate surface area is 208 Å². The molecule has 8 nitrogen and oxygen atoms in total. The highest BCUT2D eigenvalue weighted by Gasteiger charge is 2.26. The Morgan fingerprint density at radius 1 is 1.09 bits per heavy atom. The summed E-state index contributed by atoms with van der Waals surface area (Å²) in [5.41, 5.74) is 2.22. The molecule has 192 valence electrons. The van der Waals surface area contributed by atoms with E-state index in [0.29, 0.717) is 31.4 Å². The fraction of sp³-hybridized carbons (Fsp3) is 0.519. The molecule has 1 heterocycles. The average molecular weight is 486 g/mol. The van der Waals surface area contributed by atoms with Gasteiger partial charge < -0.3 is 25.0 Å². The predicted molar refractivity (Wildman–Crippen MR) is 136 cm³/mol. The van der Waals surface area contributed by atoms with E-state index in [0.717, 1.165) is 23.4 Å². The van der Waals surface area contributed by atoms with Gasteiger partial charge in [0, 0.05) is 30.4 Å². The average Bonchev–Trinajstić information content (AvgIpc) is 3.10. The lowest BCUT2D eigenvalue weighted by Crippen LogP contribution is -2.51. The Bertz CT molecular complexity index is 1010. The van der Waals surface area contributed by atoms with Crippen LogP contribution in [0.5, 0.6) is 0 Å². The molecule has 0 spiro atoms. The zero-order valence-corrected chi connectivity index (χ0v) is 21.7. The lowest BCUT2D eigenvalue weighted by Gasteiger charge is -2.25. The van der Waals surface area contributed by atoms with Crippen molar-refractivity contribution in [2.45, 2.75) is 91.5 Å². The molecule has 2 aromatic rings. The van der Waals surface area contributed by atoms with E-state index < -0.39 is 23.7 Å². The van der Waals surface area contributed by atoms with Crippen molar-refractivity contribution in [1.82, 2.24) is 15.2 Å². The van der Waals surface area contributed by atoms with Gasteiger partial charge >= 0.3 is 12.1 Å². The second-order valence-corrected chi connectivity index (χ2v) is 9.81. The van der Waals surface area contributed by atoms with Crippen LogP contribution in [0.15, 0.2) is 36.4 Å². The quantitative estimate of drug-likeness (QED) is 0.439. The fourth-order valence-electron chi connectivity index (χ4n) is 4.03. The van der Waals surface area contributed by atoms with Crippen molar-refractivity contribution >= 4 is 18.0 Å². The van der Waals surface area contributed by atoms with Crippen LogP contribution in [0.1, 0.15) is 75.3 Å². The normalized spacial score (nSPS) is 13.1. The van der Waals surface area contributed by atoms with Crippen molar-refractivity contribution in [2.24, 2.45) is 0 Å². The number of benzene rings is 1. The van der Waals surface area contributed by atoms with E-state index >= 15 is 0 Å². The molecule has 1 aromatic heterocycles. The number of carboxylic acids is 1. The summed E-state index contributed by atoms with van der Waals surface area (Å²) in [6.07, 6.45) is 1.79. The smallest absolute Gasteiger partial charge is 0.408 e. The zero-order chi connectivity index (χ0) is 26.2. The van der Waals surface area contributed by atoms with Gasteiger partial charge in [0.1, 0.15) is 11.6 Å². The minimum absolute atomic E-state index is 0.295. The van der Waals surface area contributed by atoms with Gasteiger partial charge in [-0.05, 0) is 52.2 Å². The minimum Gasteiger partial charge on any atom is -0.478 e. The molecule has 0 fully saturated rings. The van der Waals surface area contributed by atoms with Gasteiger partial charge in [-0.3, -0.25) is 4.79 Å². The van der Waals surface area contributed by atoms with E-state index in [4.69, 9.17) is 4.74 Å². The number of aryl methyl sites for hydroxylation is 1. The number of hydrogen-bond acceptors (Lipinski definition) is 4. The molecule has 8 heteroatoms. The van der Waals surface area contributed by atoms with Crippen LogP contribution in [0, 0.1) is 0 Å². The number of rotatable bonds is 11. The van der Waals surface area contributed by atoms with Gasteiger partial charge in [-0.2, -0.15) is 0 Å². The summed E-state index contributed by atoms with van der Waals surface area (Å²) in [5, 5.41) is 15.4. The van der Waals surface area contributed by atoms with Gasteiger partial charge in [-0.25, -0.2) is 9.59 Å². The Hall–Kier alpha value is -3.29. The molecule has 0 aliphatic carbocycles. The van der Waals surface area contributed by atoms with E-state index in [1.165, 1.54) is 0 Å². The Morgan fingerprint density at radius 3 is 2.29 bits per heavy atom. The van der Waals surface area contributed by atoms with E-state index in [1.807, 2.05) is 55.7 Å². The van der Waals surface area contributed by atoms with Crippen molar-refractivity contribution in [2.75, 3.05) is 0 Å². The first-order valence-electron chi connectivity index (χ1n) is 12.2. The first-order valence-corrected chi connectivity index (χ1v) is 12.2. The predicted octanol–water partition coefficient (Wildman–Crippen LogP) is 4.34. The molecule has 35 heavy (non-hydrogen) atoms. The topological polar surface area (TPSA) is 110 Å². The molecular weight excluding hydrogens is 446 g/mol. The third kappa shape index (κ3) is 8.46. The van der Waals surface area contributed by atoms with E-state index in [9.17, 15) is 19.5 Å². The number of carbonyl (C=O) groups excluding carboxylic acids is 2.